The van der Waals surface area contributed by atoms with Gasteiger partial charge in [0, 0.05) is 31.9 Å². The summed E-state index contributed by atoms with van der Waals surface area (Å²) in [5.74, 6) is -0.358. The largest absolute Gasteiger partial charge is 0.324 e. The lowest BCUT2D eigenvalue weighted by Gasteiger charge is -2.36. The number of carbonyl (C=O) groups excluding carboxylic acids is 1. The maximum atomic E-state index is 13.5. The summed E-state index contributed by atoms with van der Waals surface area (Å²) in [6, 6.07) is 12.5. The van der Waals surface area contributed by atoms with Gasteiger partial charge in [0.25, 0.3) is 0 Å². The minimum atomic E-state index is -3.75. The molecule has 2 aromatic carbocycles. The first-order chi connectivity index (χ1) is 14.7. The van der Waals surface area contributed by atoms with E-state index in [0.29, 0.717) is 19.0 Å². The number of sulfonamides is 1. The number of anilines is 1. The van der Waals surface area contributed by atoms with Crippen LogP contribution in [0.2, 0.25) is 0 Å². The molecule has 0 spiro atoms. The SMILES string of the molecule is CC[C@@H](C)c1ccccc1NC(=O)[C@H](C)N1CCN(S(=O)(=O)c2cccc(F)c2)CC1. The number of hydrogen-bond donors (Lipinski definition) is 1. The summed E-state index contributed by atoms with van der Waals surface area (Å²) in [7, 11) is -3.75. The molecule has 1 saturated heterocycles. The van der Waals surface area contributed by atoms with Gasteiger partial charge in [0.1, 0.15) is 5.82 Å². The molecule has 0 aromatic heterocycles. The molecule has 0 bridgehead atoms. The molecule has 31 heavy (non-hydrogen) atoms. The maximum Gasteiger partial charge on any atom is 0.243 e. The number of carbonyl (C=O) groups is 1. The number of nitrogens with one attached hydrogen (secondary N) is 1. The van der Waals surface area contributed by atoms with Crippen molar-refractivity contribution < 1.29 is 17.6 Å². The van der Waals surface area contributed by atoms with Crippen molar-refractivity contribution in [1.82, 2.24) is 9.21 Å². The van der Waals surface area contributed by atoms with E-state index in [0.717, 1.165) is 23.7 Å². The van der Waals surface area contributed by atoms with Crippen molar-refractivity contribution in [2.45, 2.75) is 44.0 Å². The first-order valence-corrected chi connectivity index (χ1v) is 12.1. The number of piperazine rings is 1. The molecule has 0 radical (unpaired) electrons. The minimum Gasteiger partial charge on any atom is -0.324 e. The molecule has 0 aliphatic carbocycles. The molecule has 3 rings (SSSR count). The van der Waals surface area contributed by atoms with Gasteiger partial charge in [0.05, 0.1) is 10.9 Å². The Labute approximate surface area is 184 Å². The monoisotopic (exact) mass is 447 g/mol. The van der Waals surface area contributed by atoms with Crippen molar-refractivity contribution in [1.29, 1.82) is 0 Å². The van der Waals surface area contributed by atoms with Crippen LogP contribution in [0, 0.1) is 5.82 Å². The Morgan fingerprint density at radius 1 is 1.06 bits per heavy atom. The summed E-state index contributed by atoms with van der Waals surface area (Å²) in [6.07, 6.45) is 0.976. The number of nitrogens with zero attached hydrogens (tertiary/aromatic N) is 2. The van der Waals surface area contributed by atoms with Gasteiger partial charge in [-0.05, 0) is 49.1 Å². The van der Waals surface area contributed by atoms with E-state index in [4.69, 9.17) is 0 Å². The molecule has 0 saturated carbocycles. The number of rotatable bonds is 7. The maximum absolute atomic E-state index is 13.5. The van der Waals surface area contributed by atoms with Gasteiger partial charge in [-0.2, -0.15) is 4.31 Å². The van der Waals surface area contributed by atoms with Gasteiger partial charge in [-0.25, -0.2) is 12.8 Å². The third-order valence-corrected chi connectivity index (χ3v) is 7.89. The Balaban J connectivity index is 1.63. The smallest absolute Gasteiger partial charge is 0.243 e. The fraction of sp³-hybridized carbons (Fsp3) is 0.435. The average Bonchev–Trinajstić information content (AvgIpc) is 2.78. The van der Waals surface area contributed by atoms with Crippen LogP contribution in [0.3, 0.4) is 0 Å². The molecule has 1 amide bonds. The van der Waals surface area contributed by atoms with Crippen LogP contribution in [-0.4, -0.2) is 55.8 Å². The average molecular weight is 448 g/mol. The minimum absolute atomic E-state index is 0.0478. The van der Waals surface area contributed by atoms with Crippen LogP contribution in [0.25, 0.3) is 0 Å². The third kappa shape index (κ3) is 5.31. The molecule has 1 aliphatic heterocycles. The molecule has 1 heterocycles. The zero-order chi connectivity index (χ0) is 22.6. The highest BCUT2D eigenvalue weighted by Gasteiger charge is 2.32. The van der Waals surface area contributed by atoms with Gasteiger partial charge in [0.15, 0.2) is 0 Å². The van der Waals surface area contributed by atoms with Gasteiger partial charge in [-0.1, -0.05) is 38.1 Å². The van der Waals surface area contributed by atoms with E-state index in [2.05, 4.69) is 19.2 Å². The van der Waals surface area contributed by atoms with E-state index in [1.165, 1.54) is 22.5 Å². The molecule has 6 nitrogen and oxygen atoms in total. The first kappa shape index (κ1) is 23.4. The fourth-order valence-corrected chi connectivity index (χ4v) is 5.23. The Morgan fingerprint density at radius 2 is 1.74 bits per heavy atom. The van der Waals surface area contributed by atoms with Crippen LogP contribution in [0.5, 0.6) is 0 Å². The van der Waals surface area contributed by atoms with Crippen LogP contribution in [-0.2, 0) is 14.8 Å². The van der Waals surface area contributed by atoms with Crippen molar-refractivity contribution in [3.63, 3.8) is 0 Å². The zero-order valence-electron chi connectivity index (χ0n) is 18.2. The second kappa shape index (κ2) is 9.89. The highest BCUT2D eigenvalue weighted by Crippen LogP contribution is 2.27. The van der Waals surface area contributed by atoms with Gasteiger partial charge in [-0.15, -0.1) is 0 Å². The number of hydrogen-bond acceptors (Lipinski definition) is 4. The van der Waals surface area contributed by atoms with E-state index in [1.807, 2.05) is 36.1 Å². The summed E-state index contributed by atoms with van der Waals surface area (Å²) >= 11 is 0. The molecule has 1 aliphatic rings. The molecule has 8 heteroatoms. The van der Waals surface area contributed by atoms with E-state index in [-0.39, 0.29) is 23.9 Å². The highest BCUT2D eigenvalue weighted by molar-refractivity contribution is 7.89. The normalized spacial score (nSPS) is 17.8. The summed E-state index contributed by atoms with van der Waals surface area (Å²) < 4.78 is 40.4. The predicted molar refractivity (Wildman–Crippen MR) is 120 cm³/mol. The first-order valence-electron chi connectivity index (χ1n) is 10.6. The lowest BCUT2D eigenvalue weighted by Crippen LogP contribution is -2.53. The fourth-order valence-electron chi connectivity index (χ4n) is 3.77. The van der Waals surface area contributed by atoms with Crippen LogP contribution in [0.4, 0.5) is 10.1 Å². The van der Waals surface area contributed by atoms with Crippen molar-refractivity contribution in [2.24, 2.45) is 0 Å². The summed E-state index contributed by atoms with van der Waals surface area (Å²) in [4.78, 5) is 14.8. The molecule has 1 N–H and O–H groups in total. The standard InChI is InChI=1S/C23H30FN3O3S/c1-4-17(2)21-10-5-6-11-22(21)25-23(28)18(3)26-12-14-27(15-13-26)31(29,30)20-9-7-8-19(24)16-20/h5-11,16-18H,4,12-15H2,1-3H3,(H,25,28)/t17-,18+/m1/s1. The Kier molecular flexibility index (Phi) is 7.46. The summed E-state index contributed by atoms with van der Waals surface area (Å²) in [5.41, 5.74) is 1.93. The van der Waals surface area contributed by atoms with E-state index in [1.54, 1.807) is 0 Å². The summed E-state index contributed by atoms with van der Waals surface area (Å²) in [6.45, 7) is 7.43. The Hall–Kier alpha value is -2.29. The molecule has 168 valence electrons. The lowest BCUT2D eigenvalue weighted by molar-refractivity contribution is -0.121. The Morgan fingerprint density at radius 3 is 2.39 bits per heavy atom. The predicted octanol–water partition coefficient (Wildman–Crippen LogP) is 3.67. The van der Waals surface area contributed by atoms with Gasteiger partial charge in [0.2, 0.25) is 15.9 Å². The van der Waals surface area contributed by atoms with Crippen molar-refractivity contribution >= 4 is 21.6 Å². The van der Waals surface area contributed by atoms with Gasteiger partial charge < -0.3 is 5.32 Å². The zero-order valence-corrected chi connectivity index (χ0v) is 19.0. The van der Waals surface area contributed by atoms with Crippen LogP contribution in [0.15, 0.2) is 53.4 Å². The molecular weight excluding hydrogens is 417 g/mol. The van der Waals surface area contributed by atoms with Gasteiger partial charge in [-0.3, -0.25) is 9.69 Å². The number of halogens is 1. The van der Waals surface area contributed by atoms with Crippen molar-refractivity contribution in [2.75, 3.05) is 31.5 Å². The number of amides is 1. The van der Waals surface area contributed by atoms with E-state index < -0.39 is 21.9 Å². The molecular formula is C23H30FN3O3S. The topological polar surface area (TPSA) is 69.7 Å². The second-order valence-corrected chi connectivity index (χ2v) is 9.90. The van der Waals surface area contributed by atoms with Crippen LogP contribution >= 0.6 is 0 Å². The molecule has 2 aromatic rings. The molecule has 0 unspecified atom stereocenters. The quantitative estimate of drug-likeness (QED) is 0.703. The summed E-state index contributed by atoms with van der Waals surface area (Å²) in [5, 5.41) is 3.04. The van der Waals surface area contributed by atoms with E-state index in [9.17, 15) is 17.6 Å². The molecule has 2 atom stereocenters. The molecule has 1 fully saturated rings. The van der Waals surface area contributed by atoms with Gasteiger partial charge >= 0.3 is 0 Å². The highest BCUT2D eigenvalue weighted by atomic mass is 32.2. The Bertz CT molecular complexity index is 1020. The van der Waals surface area contributed by atoms with Crippen molar-refractivity contribution in [3.05, 3.63) is 59.9 Å². The second-order valence-electron chi connectivity index (χ2n) is 7.96. The van der Waals surface area contributed by atoms with Crippen LogP contribution in [0.1, 0.15) is 38.7 Å². The lowest BCUT2D eigenvalue weighted by atomic mass is 9.97. The number of benzene rings is 2. The third-order valence-electron chi connectivity index (χ3n) is 6.00. The van der Waals surface area contributed by atoms with Crippen molar-refractivity contribution in [3.8, 4) is 0 Å². The van der Waals surface area contributed by atoms with E-state index >= 15 is 0 Å². The number of para-hydroxylation sites is 1. The van der Waals surface area contributed by atoms with Crippen LogP contribution < -0.4 is 5.32 Å².